The van der Waals surface area contributed by atoms with Gasteiger partial charge >= 0.3 is 6.03 Å². The largest absolute Gasteiger partial charge is 0.327 e. The molecule has 1 atom stereocenters. The van der Waals surface area contributed by atoms with Gasteiger partial charge in [0.2, 0.25) is 0 Å². The lowest BCUT2D eigenvalue weighted by molar-refractivity contribution is -0.129. The summed E-state index contributed by atoms with van der Waals surface area (Å²) in [6.07, 6.45) is 0. The Balaban J connectivity index is 2.18. The van der Waals surface area contributed by atoms with E-state index in [1.807, 2.05) is 0 Å². The molecule has 1 N–H and O–H groups in total. The Labute approximate surface area is 76.7 Å². The van der Waals surface area contributed by atoms with Crippen LogP contribution in [0.4, 0.5) is 4.79 Å². The first-order valence-electron chi connectivity index (χ1n) is 4.43. The molecule has 5 heteroatoms. The summed E-state index contributed by atoms with van der Waals surface area (Å²) in [5.74, 6) is -0.0704. The van der Waals surface area contributed by atoms with Gasteiger partial charge in [-0.15, -0.1) is 0 Å². The highest BCUT2D eigenvalue weighted by Gasteiger charge is 2.45. The number of rotatable bonds is 1. The van der Waals surface area contributed by atoms with Gasteiger partial charge in [-0.05, 0) is 6.92 Å². The van der Waals surface area contributed by atoms with E-state index in [0.29, 0.717) is 0 Å². The number of likely N-dealkylation sites (N-methyl/N-ethyl adjacent to an activating group) is 1. The highest BCUT2D eigenvalue weighted by atomic mass is 16.2. The van der Waals surface area contributed by atoms with Crippen LogP contribution >= 0.6 is 0 Å². The monoisotopic (exact) mass is 183 g/mol. The first-order valence-corrected chi connectivity index (χ1v) is 4.43. The van der Waals surface area contributed by atoms with Gasteiger partial charge in [-0.3, -0.25) is 9.69 Å². The lowest BCUT2D eigenvalue weighted by Gasteiger charge is -2.33. The van der Waals surface area contributed by atoms with Gasteiger partial charge in [-0.1, -0.05) is 0 Å². The summed E-state index contributed by atoms with van der Waals surface area (Å²) in [5.41, 5.74) is 0. The molecule has 2 saturated heterocycles. The third-order valence-corrected chi connectivity index (χ3v) is 2.81. The molecule has 0 aromatic rings. The topological polar surface area (TPSA) is 52.7 Å². The number of nitrogens with one attached hydrogen (secondary N) is 1. The molecular weight excluding hydrogens is 170 g/mol. The summed E-state index contributed by atoms with van der Waals surface area (Å²) in [6.45, 7) is 3.22. The molecule has 2 rings (SSSR count). The van der Waals surface area contributed by atoms with E-state index in [0.717, 1.165) is 13.1 Å². The van der Waals surface area contributed by atoms with Crippen molar-refractivity contribution in [1.29, 1.82) is 0 Å². The summed E-state index contributed by atoms with van der Waals surface area (Å²) in [6, 6.07) is -0.385. The average Bonchev–Trinajstić information content (AvgIpc) is 2.19. The van der Waals surface area contributed by atoms with Crippen molar-refractivity contribution in [3.63, 3.8) is 0 Å². The molecule has 0 saturated carbocycles. The standard InChI is InChI=1S/C8H13N3O2/c1-5-7(12)11(6-3-9-4-6)8(13)10(5)2/h5-6,9H,3-4H2,1-2H3. The van der Waals surface area contributed by atoms with Crippen LogP contribution in [-0.4, -0.2) is 54.0 Å². The molecule has 5 nitrogen and oxygen atoms in total. The quantitative estimate of drug-likeness (QED) is 0.544. The van der Waals surface area contributed by atoms with Gasteiger partial charge in [0.1, 0.15) is 6.04 Å². The normalized spacial score (nSPS) is 29.8. The van der Waals surface area contributed by atoms with Crippen molar-refractivity contribution < 1.29 is 9.59 Å². The second-order valence-electron chi connectivity index (χ2n) is 3.59. The maximum absolute atomic E-state index is 11.6. The number of amides is 3. The highest BCUT2D eigenvalue weighted by molar-refractivity contribution is 6.04. The first-order chi connectivity index (χ1) is 6.13. The van der Waals surface area contributed by atoms with Crippen LogP contribution in [0.25, 0.3) is 0 Å². The number of urea groups is 1. The molecule has 2 aliphatic heterocycles. The number of carbonyl (C=O) groups excluding carboxylic acids is 2. The zero-order chi connectivity index (χ0) is 9.59. The second kappa shape index (κ2) is 2.70. The molecule has 2 heterocycles. The summed E-state index contributed by atoms with van der Waals surface area (Å²) >= 11 is 0. The SMILES string of the molecule is CC1C(=O)N(C2CNC2)C(=O)N1C. The maximum atomic E-state index is 11.6. The van der Waals surface area contributed by atoms with Crippen LogP contribution in [0.5, 0.6) is 0 Å². The Hall–Kier alpha value is -1.10. The summed E-state index contributed by atoms with van der Waals surface area (Å²) in [7, 11) is 1.66. The molecular formula is C8H13N3O2. The second-order valence-corrected chi connectivity index (χ2v) is 3.59. The minimum absolute atomic E-state index is 0.0704. The molecule has 13 heavy (non-hydrogen) atoms. The highest BCUT2D eigenvalue weighted by Crippen LogP contribution is 2.19. The van der Waals surface area contributed by atoms with Crippen molar-refractivity contribution in [1.82, 2.24) is 15.1 Å². The zero-order valence-corrected chi connectivity index (χ0v) is 7.78. The van der Waals surface area contributed by atoms with Gasteiger partial charge in [-0.25, -0.2) is 4.79 Å². The molecule has 3 amide bonds. The van der Waals surface area contributed by atoms with E-state index in [-0.39, 0.29) is 24.0 Å². The van der Waals surface area contributed by atoms with E-state index in [4.69, 9.17) is 0 Å². The molecule has 0 aromatic carbocycles. The molecule has 0 aromatic heterocycles. The van der Waals surface area contributed by atoms with Crippen molar-refractivity contribution >= 4 is 11.9 Å². The number of hydrogen-bond donors (Lipinski definition) is 1. The van der Waals surface area contributed by atoms with Crippen LogP contribution in [0.1, 0.15) is 6.92 Å². The molecule has 2 aliphatic rings. The van der Waals surface area contributed by atoms with Gasteiger partial charge < -0.3 is 10.2 Å². The number of imide groups is 1. The van der Waals surface area contributed by atoms with Crippen molar-refractivity contribution in [2.75, 3.05) is 20.1 Å². The minimum atomic E-state index is -0.298. The Kier molecular flexibility index (Phi) is 1.76. The summed E-state index contributed by atoms with van der Waals surface area (Å²) in [4.78, 5) is 26.0. The molecule has 1 unspecified atom stereocenters. The van der Waals surface area contributed by atoms with Crippen molar-refractivity contribution in [2.45, 2.75) is 19.0 Å². The van der Waals surface area contributed by atoms with Gasteiger partial charge in [0.05, 0.1) is 6.04 Å². The smallest absolute Gasteiger partial charge is 0.316 e. The van der Waals surface area contributed by atoms with Crippen LogP contribution in [0, 0.1) is 0 Å². The fourth-order valence-corrected chi connectivity index (χ4v) is 1.59. The fraction of sp³-hybridized carbons (Fsp3) is 0.750. The third kappa shape index (κ3) is 1.03. The zero-order valence-electron chi connectivity index (χ0n) is 7.78. The summed E-state index contributed by atoms with van der Waals surface area (Å²) in [5, 5.41) is 3.04. The minimum Gasteiger partial charge on any atom is -0.316 e. The van der Waals surface area contributed by atoms with Crippen LogP contribution in [0.15, 0.2) is 0 Å². The van der Waals surface area contributed by atoms with E-state index >= 15 is 0 Å². The maximum Gasteiger partial charge on any atom is 0.327 e. The van der Waals surface area contributed by atoms with Crippen LogP contribution < -0.4 is 5.32 Å². The van der Waals surface area contributed by atoms with Gasteiger partial charge in [-0.2, -0.15) is 0 Å². The fourth-order valence-electron chi connectivity index (χ4n) is 1.59. The van der Waals surface area contributed by atoms with Crippen molar-refractivity contribution in [3.05, 3.63) is 0 Å². The molecule has 72 valence electrons. The van der Waals surface area contributed by atoms with E-state index in [2.05, 4.69) is 5.32 Å². The number of hydrogen-bond acceptors (Lipinski definition) is 3. The van der Waals surface area contributed by atoms with Gasteiger partial charge in [0.25, 0.3) is 5.91 Å². The Morgan fingerprint density at radius 3 is 2.31 bits per heavy atom. The molecule has 2 fully saturated rings. The van der Waals surface area contributed by atoms with Crippen molar-refractivity contribution in [2.24, 2.45) is 0 Å². The van der Waals surface area contributed by atoms with E-state index in [9.17, 15) is 9.59 Å². The van der Waals surface area contributed by atoms with E-state index < -0.39 is 0 Å². The van der Waals surface area contributed by atoms with Gasteiger partial charge in [0, 0.05) is 20.1 Å². The average molecular weight is 183 g/mol. The van der Waals surface area contributed by atoms with Crippen molar-refractivity contribution in [3.8, 4) is 0 Å². The Morgan fingerprint density at radius 2 is 2.00 bits per heavy atom. The molecule has 0 bridgehead atoms. The third-order valence-electron chi connectivity index (χ3n) is 2.81. The van der Waals surface area contributed by atoms with Gasteiger partial charge in [0.15, 0.2) is 0 Å². The van der Waals surface area contributed by atoms with E-state index in [1.165, 1.54) is 9.80 Å². The lowest BCUT2D eigenvalue weighted by Crippen LogP contribution is -2.59. The van der Waals surface area contributed by atoms with Crippen LogP contribution in [0.2, 0.25) is 0 Å². The van der Waals surface area contributed by atoms with E-state index in [1.54, 1.807) is 14.0 Å². The molecule has 0 spiro atoms. The van der Waals surface area contributed by atoms with Crippen LogP contribution in [-0.2, 0) is 4.79 Å². The Morgan fingerprint density at radius 1 is 1.38 bits per heavy atom. The first kappa shape index (κ1) is 8.50. The van der Waals surface area contributed by atoms with Crippen LogP contribution in [0.3, 0.4) is 0 Å². The Bertz CT molecular complexity index is 242. The lowest BCUT2D eigenvalue weighted by atomic mass is 10.1. The predicted molar refractivity (Wildman–Crippen MR) is 46.1 cm³/mol. The molecule has 0 aliphatic carbocycles. The number of carbonyl (C=O) groups is 2. The predicted octanol–water partition coefficient (Wildman–Crippen LogP) is -0.759. The summed E-state index contributed by atoms with van der Waals surface area (Å²) < 4.78 is 0. The molecule has 0 radical (unpaired) electrons. The number of nitrogens with zero attached hydrogens (tertiary/aromatic N) is 2.